The zero-order chi connectivity index (χ0) is 10.2. The Labute approximate surface area is 82.4 Å². The van der Waals surface area contributed by atoms with Crippen LogP contribution in [0.5, 0.6) is 0 Å². The molecule has 0 fully saturated rings. The molecule has 0 unspecified atom stereocenters. The van der Waals surface area contributed by atoms with Crippen molar-refractivity contribution < 1.29 is 0 Å². The van der Waals surface area contributed by atoms with Crippen molar-refractivity contribution >= 4 is 0 Å². The Kier molecular flexibility index (Phi) is 5.96. The predicted molar refractivity (Wildman–Crippen MR) is 61.7 cm³/mol. The van der Waals surface area contributed by atoms with Gasteiger partial charge in [0.25, 0.3) is 0 Å². The van der Waals surface area contributed by atoms with E-state index >= 15 is 0 Å². The maximum atomic E-state index is 3.59. The highest BCUT2D eigenvalue weighted by molar-refractivity contribution is 5.14. The fourth-order valence-electron chi connectivity index (χ4n) is 0.771. The molecule has 0 nitrogen and oxygen atoms in total. The van der Waals surface area contributed by atoms with Crippen LogP contribution >= 0.6 is 0 Å². The summed E-state index contributed by atoms with van der Waals surface area (Å²) in [6, 6.07) is 0. The van der Waals surface area contributed by atoms with Crippen LogP contribution in [0.4, 0.5) is 0 Å². The molecule has 0 aromatic heterocycles. The maximum absolute atomic E-state index is 3.59. The average molecular weight is 176 g/mol. The normalized spacial score (nSPS) is 13.5. The highest BCUT2D eigenvalue weighted by Gasteiger charge is 2.05. The van der Waals surface area contributed by atoms with E-state index in [9.17, 15) is 0 Å². The summed E-state index contributed by atoms with van der Waals surface area (Å²) < 4.78 is 0. The minimum Gasteiger partial charge on any atom is -0.0991 e. The second-order valence-corrected chi connectivity index (χ2v) is 4.20. The summed E-state index contributed by atoms with van der Waals surface area (Å²) in [7, 11) is 0. The lowest BCUT2D eigenvalue weighted by atomic mass is 9.92. The van der Waals surface area contributed by atoms with Crippen molar-refractivity contribution in [1.29, 1.82) is 0 Å². The Morgan fingerprint density at radius 1 is 0.923 bits per heavy atom. The number of hydrogen-bond acceptors (Lipinski definition) is 0. The van der Waals surface area contributed by atoms with Crippen molar-refractivity contribution in [3.8, 4) is 0 Å². The monoisotopic (exact) mass is 176 g/mol. The SMILES string of the molecule is C=CC=CC=CC=CCC(C)(C)C. The van der Waals surface area contributed by atoms with Crippen molar-refractivity contribution in [3.05, 3.63) is 49.1 Å². The molecule has 0 spiro atoms. The van der Waals surface area contributed by atoms with Gasteiger partial charge in [0.15, 0.2) is 0 Å². The summed E-state index contributed by atoms with van der Waals surface area (Å²) in [5.74, 6) is 0. The van der Waals surface area contributed by atoms with Gasteiger partial charge in [-0.15, -0.1) is 0 Å². The van der Waals surface area contributed by atoms with Crippen LogP contribution in [0.3, 0.4) is 0 Å². The zero-order valence-electron chi connectivity index (χ0n) is 8.96. The van der Waals surface area contributed by atoms with E-state index in [0.717, 1.165) is 6.42 Å². The van der Waals surface area contributed by atoms with Gasteiger partial charge in [-0.2, -0.15) is 0 Å². The van der Waals surface area contributed by atoms with Gasteiger partial charge in [-0.05, 0) is 11.8 Å². The van der Waals surface area contributed by atoms with Gasteiger partial charge in [0.2, 0.25) is 0 Å². The smallest absolute Gasteiger partial charge is 0.0299 e. The summed E-state index contributed by atoms with van der Waals surface area (Å²) in [4.78, 5) is 0. The van der Waals surface area contributed by atoms with Crippen LogP contribution in [0.2, 0.25) is 0 Å². The summed E-state index contributed by atoms with van der Waals surface area (Å²) in [6.45, 7) is 10.3. The largest absolute Gasteiger partial charge is 0.0991 e. The summed E-state index contributed by atoms with van der Waals surface area (Å²) in [5, 5.41) is 0. The van der Waals surface area contributed by atoms with Crippen LogP contribution in [0.1, 0.15) is 27.2 Å². The molecule has 0 heteroatoms. The first kappa shape index (κ1) is 12.0. The van der Waals surface area contributed by atoms with Crippen molar-refractivity contribution in [2.24, 2.45) is 5.41 Å². The van der Waals surface area contributed by atoms with Gasteiger partial charge < -0.3 is 0 Å². The first-order chi connectivity index (χ1) is 6.06. The topological polar surface area (TPSA) is 0 Å². The number of hydrogen-bond donors (Lipinski definition) is 0. The van der Waals surface area contributed by atoms with Crippen LogP contribution in [0.15, 0.2) is 49.1 Å². The van der Waals surface area contributed by atoms with Crippen LogP contribution < -0.4 is 0 Å². The first-order valence-corrected chi connectivity index (χ1v) is 4.67. The first-order valence-electron chi connectivity index (χ1n) is 4.67. The minimum atomic E-state index is 0.390. The van der Waals surface area contributed by atoms with E-state index in [0.29, 0.717) is 5.41 Å². The van der Waals surface area contributed by atoms with Crippen molar-refractivity contribution in [2.75, 3.05) is 0 Å². The van der Waals surface area contributed by atoms with Crippen LogP contribution in [-0.2, 0) is 0 Å². The summed E-state index contributed by atoms with van der Waals surface area (Å²) in [5.41, 5.74) is 0.390. The Balaban J connectivity index is 3.69. The molecular weight excluding hydrogens is 156 g/mol. The molecule has 0 radical (unpaired) electrons. The standard InChI is InChI=1S/C13H20/c1-5-6-7-8-9-10-11-12-13(2,3)4/h5-11H,1,12H2,2-4H3. The molecule has 0 amide bonds. The van der Waals surface area contributed by atoms with Gasteiger partial charge >= 0.3 is 0 Å². The molecule has 0 saturated heterocycles. The van der Waals surface area contributed by atoms with Crippen molar-refractivity contribution in [2.45, 2.75) is 27.2 Å². The highest BCUT2D eigenvalue weighted by atomic mass is 14.1. The second-order valence-electron chi connectivity index (χ2n) is 4.20. The third-order valence-electron chi connectivity index (χ3n) is 1.45. The maximum Gasteiger partial charge on any atom is -0.0299 e. The van der Waals surface area contributed by atoms with E-state index < -0.39 is 0 Å². The van der Waals surface area contributed by atoms with Gasteiger partial charge in [0.1, 0.15) is 0 Å². The average Bonchev–Trinajstić information content (AvgIpc) is 2.01. The molecule has 0 aromatic rings. The molecule has 0 saturated carbocycles. The number of rotatable bonds is 4. The van der Waals surface area contributed by atoms with Gasteiger partial charge in [0.05, 0.1) is 0 Å². The van der Waals surface area contributed by atoms with E-state index in [4.69, 9.17) is 0 Å². The molecule has 0 atom stereocenters. The molecule has 13 heavy (non-hydrogen) atoms. The van der Waals surface area contributed by atoms with E-state index in [-0.39, 0.29) is 0 Å². The fraction of sp³-hybridized carbons (Fsp3) is 0.385. The molecule has 0 aliphatic carbocycles. The lowest BCUT2D eigenvalue weighted by Gasteiger charge is -2.13. The molecule has 0 N–H and O–H groups in total. The fourth-order valence-corrected chi connectivity index (χ4v) is 0.771. The Hall–Kier alpha value is -1.04. The Morgan fingerprint density at radius 3 is 2.00 bits per heavy atom. The van der Waals surface area contributed by atoms with Crippen LogP contribution in [0.25, 0.3) is 0 Å². The van der Waals surface area contributed by atoms with E-state index in [2.05, 4.69) is 39.5 Å². The van der Waals surface area contributed by atoms with Crippen LogP contribution in [0, 0.1) is 5.41 Å². The van der Waals surface area contributed by atoms with Crippen molar-refractivity contribution in [1.82, 2.24) is 0 Å². The molecule has 0 aliphatic rings. The second kappa shape index (κ2) is 6.47. The van der Waals surface area contributed by atoms with Crippen LogP contribution in [-0.4, -0.2) is 0 Å². The molecule has 0 heterocycles. The molecule has 0 rings (SSSR count). The Bertz CT molecular complexity index is 209. The quantitative estimate of drug-likeness (QED) is 0.561. The molecule has 0 aliphatic heterocycles. The molecule has 0 bridgehead atoms. The van der Waals surface area contributed by atoms with Crippen molar-refractivity contribution in [3.63, 3.8) is 0 Å². The van der Waals surface area contributed by atoms with Gasteiger partial charge in [-0.1, -0.05) is 69.9 Å². The number of allylic oxidation sites excluding steroid dienone is 7. The zero-order valence-corrected chi connectivity index (χ0v) is 8.96. The van der Waals surface area contributed by atoms with Gasteiger partial charge in [-0.25, -0.2) is 0 Å². The lowest BCUT2D eigenvalue weighted by Crippen LogP contribution is -2.01. The van der Waals surface area contributed by atoms with Gasteiger partial charge in [-0.3, -0.25) is 0 Å². The molecule has 72 valence electrons. The minimum absolute atomic E-state index is 0.390. The molecule has 0 aromatic carbocycles. The lowest BCUT2D eigenvalue weighted by molar-refractivity contribution is 0.420. The molecular formula is C13H20. The third-order valence-corrected chi connectivity index (χ3v) is 1.45. The summed E-state index contributed by atoms with van der Waals surface area (Å²) in [6.07, 6.45) is 15.1. The Morgan fingerprint density at radius 2 is 1.46 bits per heavy atom. The third kappa shape index (κ3) is 11.0. The summed E-state index contributed by atoms with van der Waals surface area (Å²) >= 11 is 0. The van der Waals surface area contributed by atoms with E-state index in [1.165, 1.54) is 0 Å². The van der Waals surface area contributed by atoms with E-state index in [1.54, 1.807) is 6.08 Å². The predicted octanol–water partition coefficient (Wildman–Crippen LogP) is 4.28. The highest BCUT2D eigenvalue weighted by Crippen LogP contribution is 2.18. The van der Waals surface area contributed by atoms with E-state index in [1.807, 2.05) is 24.3 Å². The van der Waals surface area contributed by atoms with Gasteiger partial charge in [0, 0.05) is 0 Å².